The highest BCUT2D eigenvalue weighted by Gasteiger charge is 2.72. The lowest BCUT2D eigenvalue weighted by atomic mass is 9.78. The average Bonchev–Trinajstić information content (AvgIpc) is 3.61. The number of ketones is 1. The molecule has 35 heavy (non-hydrogen) atoms. The number of fused-ring (bicyclic) bond motifs is 5. The minimum absolute atomic E-state index is 0.0143. The Morgan fingerprint density at radius 2 is 1.86 bits per heavy atom. The number of carbonyl (C=O) groups excluding carboxylic acids is 1. The second-order valence-electron chi connectivity index (χ2n) is 11.8. The maximum absolute atomic E-state index is 12.7. The second kappa shape index (κ2) is 9.46. The highest BCUT2D eigenvalue weighted by molar-refractivity contribution is 5.79. The van der Waals surface area contributed by atoms with Gasteiger partial charge in [0.2, 0.25) is 0 Å². The van der Waals surface area contributed by atoms with Crippen molar-refractivity contribution in [2.24, 2.45) is 11.8 Å². The van der Waals surface area contributed by atoms with Crippen molar-refractivity contribution in [2.75, 3.05) is 13.2 Å². The van der Waals surface area contributed by atoms with E-state index in [2.05, 4.69) is 6.58 Å². The molecule has 0 amide bonds. The monoisotopic (exact) mass is 492 g/mol. The third-order valence-corrected chi connectivity index (χ3v) is 9.52. The predicted octanol–water partition coefficient (Wildman–Crippen LogP) is 2.08. The SMILES string of the molecule is C=C1CO[C@@H](CC[C@@H]2C[C@H]3OC4C(O)[C@H]5OC(CC(=O)CC6CCO[C@H]6C)CCC5C4(O)C3O2)C1. The molecule has 6 aliphatic rings. The molecule has 1 saturated carbocycles. The van der Waals surface area contributed by atoms with Crippen LogP contribution in [-0.4, -0.2) is 89.7 Å². The summed E-state index contributed by atoms with van der Waals surface area (Å²) in [6.07, 6.45) is 3.88. The van der Waals surface area contributed by atoms with Crippen LogP contribution in [0, 0.1) is 11.8 Å². The van der Waals surface area contributed by atoms with Crippen molar-refractivity contribution in [2.45, 2.75) is 125 Å². The molecular formula is C27H40O8. The molecule has 6 fully saturated rings. The van der Waals surface area contributed by atoms with Crippen LogP contribution in [0.1, 0.15) is 64.7 Å². The first-order chi connectivity index (χ1) is 16.8. The van der Waals surface area contributed by atoms with Crippen LogP contribution in [-0.2, 0) is 28.5 Å². The molecule has 6 rings (SSSR count). The lowest BCUT2D eigenvalue weighted by Gasteiger charge is -2.40. The van der Waals surface area contributed by atoms with Gasteiger partial charge in [-0.1, -0.05) is 6.58 Å². The van der Waals surface area contributed by atoms with Gasteiger partial charge in [-0.05, 0) is 56.9 Å². The molecule has 5 heterocycles. The molecule has 7 unspecified atom stereocenters. The summed E-state index contributed by atoms with van der Waals surface area (Å²) in [7, 11) is 0. The minimum atomic E-state index is -1.26. The topological polar surface area (TPSA) is 104 Å². The van der Waals surface area contributed by atoms with Gasteiger partial charge in [0.1, 0.15) is 29.7 Å². The van der Waals surface area contributed by atoms with E-state index >= 15 is 0 Å². The van der Waals surface area contributed by atoms with E-state index in [1.165, 1.54) is 0 Å². The molecule has 0 spiro atoms. The molecule has 2 N–H and O–H groups in total. The fourth-order valence-corrected chi connectivity index (χ4v) is 7.64. The van der Waals surface area contributed by atoms with Gasteiger partial charge in [-0.25, -0.2) is 0 Å². The summed E-state index contributed by atoms with van der Waals surface area (Å²) in [5.41, 5.74) is -0.113. The number of Topliss-reactive ketones (excluding diaryl/α,β-unsaturated/α-hetero) is 1. The number of ether oxygens (including phenoxy) is 5. The van der Waals surface area contributed by atoms with E-state index in [1.807, 2.05) is 6.92 Å². The Morgan fingerprint density at radius 1 is 1.03 bits per heavy atom. The quantitative estimate of drug-likeness (QED) is 0.521. The smallest absolute Gasteiger partial charge is 0.135 e. The fraction of sp³-hybridized carbons (Fsp3) is 0.889. The van der Waals surface area contributed by atoms with Gasteiger partial charge in [0, 0.05) is 31.8 Å². The van der Waals surface area contributed by atoms with E-state index in [1.54, 1.807) is 0 Å². The number of aliphatic hydroxyl groups is 2. The van der Waals surface area contributed by atoms with Gasteiger partial charge >= 0.3 is 0 Å². The Morgan fingerprint density at radius 3 is 2.60 bits per heavy atom. The Hall–Kier alpha value is -0.870. The molecule has 0 aromatic carbocycles. The van der Waals surface area contributed by atoms with Crippen molar-refractivity contribution in [1.29, 1.82) is 0 Å². The van der Waals surface area contributed by atoms with E-state index in [-0.39, 0.29) is 48.1 Å². The van der Waals surface area contributed by atoms with Gasteiger partial charge in [-0.2, -0.15) is 0 Å². The van der Waals surface area contributed by atoms with Gasteiger partial charge in [0.15, 0.2) is 0 Å². The molecule has 8 nitrogen and oxygen atoms in total. The van der Waals surface area contributed by atoms with E-state index < -0.39 is 30.0 Å². The minimum Gasteiger partial charge on any atom is -0.388 e. The van der Waals surface area contributed by atoms with Crippen molar-refractivity contribution in [1.82, 2.24) is 0 Å². The molecule has 12 atom stereocenters. The first-order valence-corrected chi connectivity index (χ1v) is 13.6. The standard InChI is InChI=1S/C27H40O8/c1-14-9-18(32-13-14)3-4-20-12-22-25(34-20)27(30)21-6-5-19(33-24(21)23(29)26(27)35-22)11-17(28)10-16-7-8-31-15(16)2/h15-16,18-26,29-30H,1,3-13H2,2H3/t15-,16?,18-,19?,20+,21?,22+,23?,24-,25?,26?,27?/m0/s1. The lowest BCUT2D eigenvalue weighted by molar-refractivity contribution is -0.166. The third-order valence-electron chi connectivity index (χ3n) is 9.52. The number of hydrogen-bond acceptors (Lipinski definition) is 8. The Balaban J connectivity index is 1.05. The zero-order valence-corrected chi connectivity index (χ0v) is 20.7. The molecule has 0 radical (unpaired) electrons. The summed E-state index contributed by atoms with van der Waals surface area (Å²) in [6.45, 7) is 7.40. The van der Waals surface area contributed by atoms with Gasteiger partial charge in [-0.3, -0.25) is 4.79 Å². The zero-order valence-electron chi connectivity index (χ0n) is 20.7. The summed E-state index contributed by atoms with van der Waals surface area (Å²) in [4.78, 5) is 12.7. The highest BCUT2D eigenvalue weighted by atomic mass is 16.6. The van der Waals surface area contributed by atoms with Gasteiger partial charge in [0.25, 0.3) is 0 Å². The van der Waals surface area contributed by atoms with Crippen LogP contribution in [0.25, 0.3) is 0 Å². The van der Waals surface area contributed by atoms with Gasteiger partial charge in [-0.15, -0.1) is 0 Å². The Labute approximate surface area is 207 Å². The van der Waals surface area contributed by atoms with E-state index in [0.717, 1.165) is 44.3 Å². The third kappa shape index (κ3) is 4.33. The number of aliphatic hydroxyl groups excluding tert-OH is 1. The van der Waals surface area contributed by atoms with Crippen LogP contribution in [0.4, 0.5) is 0 Å². The first kappa shape index (κ1) is 24.5. The molecule has 8 heteroatoms. The molecule has 5 aliphatic heterocycles. The largest absolute Gasteiger partial charge is 0.388 e. The van der Waals surface area contributed by atoms with Crippen LogP contribution >= 0.6 is 0 Å². The van der Waals surface area contributed by atoms with Crippen LogP contribution in [0.2, 0.25) is 0 Å². The predicted molar refractivity (Wildman–Crippen MR) is 125 cm³/mol. The molecule has 0 aromatic rings. The van der Waals surface area contributed by atoms with Gasteiger partial charge in [0.05, 0.1) is 43.2 Å². The maximum Gasteiger partial charge on any atom is 0.135 e. The van der Waals surface area contributed by atoms with Crippen LogP contribution < -0.4 is 0 Å². The van der Waals surface area contributed by atoms with E-state index in [4.69, 9.17) is 23.7 Å². The molecule has 0 aromatic heterocycles. The van der Waals surface area contributed by atoms with E-state index in [0.29, 0.717) is 32.3 Å². The van der Waals surface area contributed by atoms with Crippen molar-refractivity contribution < 1.29 is 38.7 Å². The molecule has 1 aliphatic carbocycles. The maximum atomic E-state index is 12.7. The summed E-state index contributed by atoms with van der Waals surface area (Å²) < 4.78 is 30.2. The Kier molecular flexibility index (Phi) is 6.61. The first-order valence-electron chi connectivity index (χ1n) is 13.6. The average molecular weight is 493 g/mol. The van der Waals surface area contributed by atoms with Crippen molar-refractivity contribution >= 4 is 5.78 Å². The van der Waals surface area contributed by atoms with E-state index in [9.17, 15) is 15.0 Å². The molecular weight excluding hydrogens is 452 g/mol. The van der Waals surface area contributed by atoms with Crippen LogP contribution in [0.3, 0.4) is 0 Å². The normalized spacial score (nSPS) is 50.9. The number of hydrogen-bond donors (Lipinski definition) is 2. The lowest BCUT2D eigenvalue weighted by Crippen LogP contribution is -2.53. The van der Waals surface area contributed by atoms with Gasteiger partial charge < -0.3 is 33.9 Å². The van der Waals surface area contributed by atoms with Crippen molar-refractivity contribution in [3.05, 3.63) is 12.2 Å². The number of rotatable bonds is 7. The molecule has 196 valence electrons. The molecule has 5 saturated heterocycles. The van der Waals surface area contributed by atoms with Crippen LogP contribution in [0.15, 0.2) is 12.2 Å². The zero-order chi connectivity index (χ0) is 24.3. The summed E-state index contributed by atoms with van der Waals surface area (Å²) in [5, 5.41) is 23.0. The van der Waals surface area contributed by atoms with Crippen molar-refractivity contribution in [3.8, 4) is 0 Å². The Bertz CT molecular complexity index is 832. The van der Waals surface area contributed by atoms with Crippen LogP contribution in [0.5, 0.6) is 0 Å². The second-order valence-corrected chi connectivity index (χ2v) is 11.8. The fourth-order valence-electron chi connectivity index (χ4n) is 7.64. The summed E-state index contributed by atoms with van der Waals surface area (Å²) in [6, 6.07) is 0. The molecule has 0 bridgehead atoms. The number of carbonyl (C=O) groups is 1. The summed E-state index contributed by atoms with van der Waals surface area (Å²) in [5.74, 6) is 0.218. The van der Waals surface area contributed by atoms with Crippen molar-refractivity contribution in [3.63, 3.8) is 0 Å². The summed E-state index contributed by atoms with van der Waals surface area (Å²) >= 11 is 0. The highest BCUT2D eigenvalue weighted by Crippen LogP contribution is 2.56.